The zero-order valence-corrected chi connectivity index (χ0v) is 36.6. The van der Waals surface area contributed by atoms with Gasteiger partial charge in [-0.1, -0.05) is 114 Å². The van der Waals surface area contributed by atoms with Gasteiger partial charge in [-0.3, -0.25) is 9.59 Å². The molecule has 1 aromatic heterocycles. The Hall–Kier alpha value is -6.42. The first kappa shape index (κ1) is 41.0. The largest absolute Gasteiger partial charge is 0.466 e. The normalized spacial score (nSPS) is 15.2. The Labute approximate surface area is 370 Å². The molecule has 0 unspecified atom stereocenters. The van der Waals surface area contributed by atoms with Crippen LogP contribution in [0.2, 0.25) is 0 Å². The lowest BCUT2D eigenvalue weighted by Crippen LogP contribution is -2.35. The van der Waals surface area contributed by atoms with Crippen LogP contribution in [-0.2, 0) is 25.6 Å². The van der Waals surface area contributed by atoms with Crippen LogP contribution in [0.4, 0.5) is 17.1 Å². The highest BCUT2D eigenvalue weighted by molar-refractivity contribution is 8.03. The second-order valence-corrected chi connectivity index (χ2v) is 17.6. The van der Waals surface area contributed by atoms with E-state index in [1.54, 1.807) is 23.1 Å². The van der Waals surface area contributed by atoms with Gasteiger partial charge in [0.25, 0.3) is 5.01 Å². The van der Waals surface area contributed by atoms with Crippen LogP contribution in [0.1, 0.15) is 44.5 Å². The van der Waals surface area contributed by atoms with Crippen molar-refractivity contribution < 1.29 is 23.6 Å². The van der Waals surface area contributed by atoms with Gasteiger partial charge in [-0.2, -0.15) is 4.57 Å². The van der Waals surface area contributed by atoms with Crippen molar-refractivity contribution in [3.63, 3.8) is 0 Å². The van der Waals surface area contributed by atoms with Crippen molar-refractivity contribution in [3.8, 4) is 0 Å². The number of aryl methyl sites for hydroxylation is 1. The molecule has 9 heteroatoms. The van der Waals surface area contributed by atoms with Crippen molar-refractivity contribution in [1.29, 1.82) is 0 Å². The van der Waals surface area contributed by atoms with Crippen LogP contribution in [0.25, 0.3) is 37.8 Å². The molecular weight excluding hydrogens is 807 g/mol. The summed E-state index contributed by atoms with van der Waals surface area (Å²) in [6.45, 7) is 5.13. The van der Waals surface area contributed by atoms with Crippen molar-refractivity contribution >= 4 is 89.9 Å². The molecule has 0 bridgehead atoms. The number of hydrogen-bond donors (Lipinski definition) is 0. The van der Waals surface area contributed by atoms with E-state index in [-0.39, 0.29) is 11.9 Å². The van der Waals surface area contributed by atoms with Crippen LogP contribution in [-0.4, -0.2) is 31.7 Å². The smallest absolute Gasteiger partial charge is 0.302 e. The number of para-hydroxylation sites is 2. The minimum Gasteiger partial charge on any atom is -0.466 e. The number of fused-ring (bicyclic) bond motifs is 4. The average molecular weight is 855 g/mol. The molecule has 0 saturated heterocycles. The number of nitrogens with zero attached hydrogens (tertiary/aromatic N) is 3. The second kappa shape index (κ2) is 18.7. The third-order valence-corrected chi connectivity index (χ3v) is 13.5. The lowest BCUT2D eigenvalue weighted by Gasteiger charge is -2.28. The number of ether oxygens (including phenoxy) is 2. The van der Waals surface area contributed by atoms with E-state index in [1.165, 1.54) is 73.0 Å². The van der Waals surface area contributed by atoms with E-state index >= 15 is 0 Å². The Morgan fingerprint density at radius 1 is 0.694 bits per heavy atom. The van der Waals surface area contributed by atoms with E-state index in [9.17, 15) is 9.59 Å². The SMILES string of the molecule is CC(=O)OCCCN1/C(=C/C=C2\CCC(/C=C/c3sc4cc5ccccc5cc4[n+]3CCCOC(C)=O)=C2N(c2ccccc2)c2ccccc2)Sc2cc3ccccc3cc21. The van der Waals surface area contributed by atoms with Gasteiger partial charge in [-0.15, -0.1) is 0 Å². The molecule has 9 rings (SSSR count). The Morgan fingerprint density at radius 3 is 1.95 bits per heavy atom. The number of carbonyl (C=O) groups is 2. The molecule has 0 saturated carbocycles. The van der Waals surface area contributed by atoms with Crippen molar-refractivity contribution in [2.45, 2.75) is 51.0 Å². The van der Waals surface area contributed by atoms with Gasteiger partial charge < -0.3 is 19.3 Å². The maximum Gasteiger partial charge on any atom is 0.302 e. The third-order valence-electron chi connectivity index (χ3n) is 11.2. The van der Waals surface area contributed by atoms with E-state index in [2.05, 4.69) is 172 Å². The molecule has 2 heterocycles. The Morgan fingerprint density at radius 2 is 1.29 bits per heavy atom. The number of hydrogen-bond acceptors (Lipinski definition) is 8. The van der Waals surface area contributed by atoms with Crippen molar-refractivity contribution in [2.75, 3.05) is 29.6 Å². The summed E-state index contributed by atoms with van der Waals surface area (Å²) in [5, 5.41) is 7.13. The quantitative estimate of drug-likeness (QED) is 0.0613. The number of allylic oxidation sites excluding steroid dienone is 5. The van der Waals surface area contributed by atoms with Crippen LogP contribution in [0.5, 0.6) is 0 Å². The first-order valence-electron chi connectivity index (χ1n) is 21.2. The highest BCUT2D eigenvalue weighted by Crippen LogP contribution is 2.48. The van der Waals surface area contributed by atoms with Gasteiger partial charge in [-0.25, -0.2) is 0 Å². The maximum atomic E-state index is 11.6. The number of carbonyl (C=O) groups excluding carboxylic acids is 2. The summed E-state index contributed by atoms with van der Waals surface area (Å²) in [7, 11) is 0. The van der Waals surface area contributed by atoms with Crippen molar-refractivity contribution in [1.82, 2.24) is 0 Å². The van der Waals surface area contributed by atoms with Crippen LogP contribution < -0.4 is 14.4 Å². The average Bonchev–Trinajstić information content (AvgIpc) is 3.96. The molecule has 2 aliphatic rings. The summed E-state index contributed by atoms with van der Waals surface area (Å²) in [6.07, 6.45) is 12.4. The molecule has 7 nitrogen and oxygen atoms in total. The summed E-state index contributed by atoms with van der Waals surface area (Å²) in [5.74, 6) is -0.510. The molecule has 0 N–H and O–H groups in total. The first-order valence-corrected chi connectivity index (χ1v) is 22.9. The molecule has 0 atom stereocenters. The fourth-order valence-electron chi connectivity index (χ4n) is 8.39. The number of benzene rings is 6. The number of rotatable bonds is 14. The monoisotopic (exact) mass is 854 g/mol. The molecule has 1 aliphatic carbocycles. The maximum absolute atomic E-state index is 11.6. The van der Waals surface area contributed by atoms with Gasteiger partial charge in [0.1, 0.15) is 4.70 Å². The number of thioether (sulfide) groups is 1. The van der Waals surface area contributed by atoms with Crippen LogP contribution >= 0.6 is 23.1 Å². The predicted octanol–water partition coefficient (Wildman–Crippen LogP) is 12.7. The van der Waals surface area contributed by atoms with E-state index in [0.717, 1.165) is 47.3 Å². The molecule has 62 heavy (non-hydrogen) atoms. The Kier molecular flexibility index (Phi) is 12.3. The van der Waals surface area contributed by atoms with Crippen LogP contribution in [0.15, 0.2) is 178 Å². The van der Waals surface area contributed by atoms with Crippen LogP contribution in [0, 0.1) is 0 Å². The van der Waals surface area contributed by atoms with Gasteiger partial charge in [0.05, 0.1) is 29.6 Å². The summed E-state index contributed by atoms with van der Waals surface area (Å²) in [5.41, 5.74) is 8.23. The lowest BCUT2D eigenvalue weighted by atomic mass is 10.1. The Bertz CT molecular complexity index is 2880. The highest BCUT2D eigenvalue weighted by Gasteiger charge is 2.29. The number of esters is 2. The molecule has 6 aromatic carbocycles. The molecule has 7 aromatic rings. The van der Waals surface area contributed by atoms with E-state index in [4.69, 9.17) is 9.47 Å². The van der Waals surface area contributed by atoms with Gasteiger partial charge >= 0.3 is 11.9 Å². The standard InChI is InChI=1S/C53H48N3O4S2/c1-37(57)59-31-13-29-54-47-33-41-15-9-11-17-43(41)35-49(47)61-51(54)27-25-39-23-24-40(53(39)56(45-19-5-3-6-20-45)46-21-7-4-8-22-46)26-28-52-55(30-14-32-60-38(2)58)48-34-42-16-10-12-18-44(42)36-50(48)62-52/h3-12,15-22,25-28,33-36H,13-14,23-24,29-32H2,1-2H3/q+1. The molecule has 0 fully saturated rings. The second-order valence-electron chi connectivity index (χ2n) is 15.5. The summed E-state index contributed by atoms with van der Waals surface area (Å²) >= 11 is 3.59. The van der Waals surface area contributed by atoms with Crippen LogP contribution in [0.3, 0.4) is 0 Å². The zero-order valence-electron chi connectivity index (χ0n) is 35.0. The molecule has 0 spiro atoms. The zero-order chi connectivity index (χ0) is 42.4. The molecule has 1 aliphatic heterocycles. The summed E-state index contributed by atoms with van der Waals surface area (Å²) in [4.78, 5) is 29.3. The highest BCUT2D eigenvalue weighted by atomic mass is 32.2. The molecule has 0 radical (unpaired) electrons. The van der Waals surface area contributed by atoms with E-state index < -0.39 is 0 Å². The molecule has 0 amide bonds. The number of aromatic nitrogens is 1. The lowest BCUT2D eigenvalue weighted by molar-refractivity contribution is -0.669. The van der Waals surface area contributed by atoms with Gasteiger partial charge in [0.15, 0.2) is 6.54 Å². The van der Waals surface area contributed by atoms with Gasteiger partial charge in [-0.05, 0) is 107 Å². The van der Waals surface area contributed by atoms with E-state index in [0.29, 0.717) is 26.1 Å². The van der Waals surface area contributed by atoms with Gasteiger partial charge in [0, 0.05) is 55.2 Å². The third kappa shape index (κ3) is 8.96. The summed E-state index contributed by atoms with van der Waals surface area (Å²) < 4.78 is 14.3. The topological polar surface area (TPSA) is 63.0 Å². The van der Waals surface area contributed by atoms with Gasteiger partial charge in [0.2, 0.25) is 5.52 Å². The van der Waals surface area contributed by atoms with Crippen molar-refractivity contribution in [3.05, 3.63) is 179 Å². The fourth-order valence-corrected chi connectivity index (χ4v) is 10.6. The predicted molar refractivity (Wildman–Crippen MR) is 256 cm³/mol. The summed E-state index contributed by atoms with van der Waals surface area (Å²) in [6, 6.07) is 47.4. The number of thiazole rings is 1. The minimum atomic E-state index is -0.255. The molecular formula is C53H48N3O4S2+. The number of anilines is 3. The van der Waals surface area contributed by atoms with E-state index in [1.807, 2.05) is 0 Å². The van der Waals surface area contributed by atoms with Crippen molar-refractivity contribution in [2.24, 2.45) is 0 Å². The Balaban J connectivity index is 1.14. The minimum absolute atomic E-state index is 0.255. The first-order chi connectivity index (χ1) is 30.4. The fraction of sp³-hybridized carbons (Fsp3) is 0.189. The molecule has 310 valence electrons.